The van der Waals surface area contributed by atoms with Crippen LogP contribution in [0.2, 0.25) is 0 Å². The Morgan fingerprint density at radius 1 is 1.00 bits per heavy atom. The summed E-state index contributed by atoms with van der Waals surface area (Å²) in [6.07, 6.45) is 0.390. The van der Waals surface area contributed by atoms with E-state index in [1.165, 1.54) is 12.1 Å². The lowest BCUT2D eigenvalue weighted by Gasteiger charge is -2.08. The van der Waals surface area contributed by atoms with E-state index >= 15 is 0 Å². The number of nitrogens with one attached hydrogen (secondary N) is 2. The zero-order valence-electron chi connectivity index (χ0n) is 12.4. The monoisotopic (exact) mass is 300 g/mol. The topological polar surface area (TPSA) is 58.2 Å². The van der Waals surface area contributed by atoms with Crippen LogP contribution < -0.4 is 10.6 Å². The van der Waals surface area contributed by atoms with Gasteiger partial charge in [-0.25, -0.2) is 4.39 Å². The molecule has 114 valence electrons. The summed E-state index contributed by atoms with van der Waals surface area (Å²) in [7, 11) is 0. The Morgan fingerprint density at radius 2 is 1.68 bits per heavy atom. The van der Waals surface area contributed by atoms with Crippen LogP contribution in [0.3, 0.4) is 0 Å². The van der Waals surface area contributed by atoms with E-state index in [1.807, 2.05) is 0 Å². The summed E-state index contributed by atoms with van der Waals surface area (Å²) in [5.41, 5.74) is 2.19. The fourth-order valence-corrected chi connectivity index (χ4v) is 1.97. The Labute approximate surface area is 128 Å². The summed E-state index contributed by atoms with van der Waals surface area (Å²) in [5.74, 6) is -0.821. The lowest BCUT2D eigenvalue weighted by atomic mass is 10.1. The number of anilines is 2. The smallest absolute Gasteiger partial charge is 0.255 e. The number of hydrogen-bond donors (Lipinski definition) is 2. The number of halogens is 1. The van der Waals surface area contributed by atoms with Gasteiger partial charge in [-0.15, -0.1) is 0 Å². The van der Waals surface area contributed by atoms with Crippen molar-refractivity contribution in [3.8, 4) is 0 Å². The van der Waals surface area contributed by atoms with Gasteiger partial charge in [-0.05, 0) is 55.0 Å². The van der Waals surface area contributed by atoms with Crippen LogP contribution in [0.4, 0.5) is 15.8 Å². The molecule has 0 aliphatic rings. The zero-order chi connectivity index (χ0) is 16.1. The van der Waals surface area contributed by atoms with E-state index in [0.717, 1.165) is 5.56 Å². The number of aryl methyl sites for hydroxylation is 1. The van der Waals surface area contributed by atoms with Gasteiger partial charge < -0.3 is 10.6 Å². The van der Waals surface area contributed by atoms with E-state index in [4.69, 9.17) is 0 Å². The van der Waals surface area contributed by atoms with Crippen molar-refractivity contribution in [3.05, 3.63) is 59.4 Å². The summed E-state index contributed by atoms with van der Waals surface area (Å²) in [4.78, 5) is 23.4. The third kappa shape index (κ3) is 4.15. The van der Waals surface area contributed by atoms with Gasteiger partial charge in [-0.1, -0.05) is 6.92 Å². The van der Waals surface area contributed by atoms with Gasteiger partial charge in [0.15, 0.2) is 0 Å². The van der Waals surface area contributed by atoms with Crippen molar-refractivity contribution in [2.75, 3.05) is 10.6 Å². The van der Waals surface area contributed by atoms with Crippen LogP contribution in [0.5, 0.6) is 0 Å². The van der Waals surface area contributed by atoms with Crippen LogP contribution in [0.15, 0.2) is 42.5 Å². The Balaban J connectivity index is 2.08. The van der Waals surface area contributed by atoms with Gasteiger partial charge in [0.2, 0.25) is 5.91 Å². The number of hydrogen-bond acceptors (Lipinski definition) is 2. The minimum absolute atomic E-state index is 0.0903. The average molecular weight is 300 g/mol. The van der Waals surface area contributed by atoms with Crippen molar-refractivity contribution in [3.63, 3.8) is 0 Å². The van der Waals surface area contributed by atoms with Crippen LogP contribution >= 0.6 is 0 Å². The molecule has 0 bridgehead atoms. The van der Waals surface area contributed by atoms with Crippen LogP contribution in [-0.2, 0) is 4.79 Å². The Kier molecular flexibility index (Phi) is 4.88. The predicted octanol–water partition coefficient (Wildman–Crippen LogP) is 3.73. The molecular formula is C17H17FN2O2. The van der Waals surface area contributed by atoms with Crippen LogP contribution in [0.25, 0.3) is 0 Å². The molecule has 2 amide bonds. The van der Waals surface area contributed by atoms with E-state index < -0.39 is 5.82 Å². The summed E-state index contributed by atoms with van der Waals surface area (Å²) in [5, 5.41) is 5.35. The van der Waals surface area contributed by atoms with Crippen molar-refractivity contribution in [1.29, 1.82) is 0 Å². The predicted molar refractivity (Wildman–Crippen MR) is 84.5 cm³/mol. The second kappa shape index (κ2) is 6.85. The zero-order valence-corrected chi connectivity index (χ0v) is 12.4. The summed E-state index contributed by atoms with van der Waals surface area (Å²) < 4.78 is 13.3. The molecule has 0 spiro atoms. The van der Waals surface area contributed by atoms with Gasteiger partial charge in [0.25, 0.3) is 5.91 Å². The van der Waals surface area contributed by atoms with E-state index in [0.29, 0.717) is 23.4 Å². The second-order valence-corrected chi connectivity index (χ2v) is 4.95. The summed E-state index contributed by atoms with van der Waals surface area (Å²) in [6, 6.07) is 10.9. The van der Waals surface area contributed by atoms with Crippen molar-refractivity contribution in [1.82, 2.24) is 0 Å². The largest absolute Gasteiger partial charge is 0.326 e. The van der Waals surface area contributed by atoms with Gasteiger partial charge in [0.1, 0.15) is 5.82 Å². The maximum absolute atomic E-state index is 13.3. The summed E-state index contributed by atoms with van der Waals surface area (Å²) in [6.45, 7) is 3.52. The minimum atomic E-state index is -0.395. The van der Waals surface area contributed by atoms with Gasteiger partial charge in [0, 0.05) is 23.4 Å². The number of benzene rings is 2. The van der Waals surface area contributed by atoms with Gasteiger partial charge in [-0.2, -0.15) is 0 Å². The van der Waals surface area contributed by atoms with Crippen molar-refractivity contribution < 1.29 is 14.0 Å². The van der Waals surface area contributed by atoms with E-state index in [1.54, 1.807) is 44.2 Å². The number of carbonyl (C=O) groups is 2. The molecule has 0 aliphatic heterocycles. The molecule has 2 aromatic rings. The molecule has 0 atom stereocenters. The Hall–Kier alpha value is -2.69. The van der Waals surface area contributed by atoms with Gasteiger partial charge >= 0.3 is 0 Å². The third-order valence-corrected chi connectivity index (χ3v) is 3.05. The molecule has 2 aromatic carbocycles. The minimum Gasteiger partial charge on any atom is -0.326 e. The Bertz CT molecular complexity index is 676. The first-order valence-corrected chi connectivity index (χ1v) is 6.96. The lowest BCUT2D eigenvalue weighted by molar-refractivity contribution is -0.115. The first-order chi connectivity index (χ1) is 10.5. The lowest BCUT2D eigenvalue weighted by Crippen LogP contribution is -2.13. The van der Waals surface area contributed by atoms with E-state index in [2.05, 4.69) is 10.6 Å². The third-order valence-electron chi connectivity index (χ3n) is 3.05. The molecule has 2 rings (SSSR count). The number of amides is 2. The molecule has 0 aromatic heterocycles. The van der Waals surface area contributed by atoms with Crippen molar-refractivity contribution >= 4 is 23.2 Å². The molecule has 0 radical (unpaired) electrons. The molecule has 0 unspecified atom stereocenters. The molecule has 0 saturated carbocycles. The fourth-order valence-electron chi connectivity index (χ4n) is 1.97. The van der Waals surface area contributed by atoms with Crippen molar-refractivity contribution in [2.24, 2.45) is 0 Å². The van der Waals surface area contributed by atoms with E-state index in [-0.39, 0.29) is 11.8 Å². The van der Waals surface area contributed by atoms with E-state index in [9.17, 15) is 14.0 Å². The molecule has 4 nitrogen and oxygen atoms in total. The quantitative estimate of drug-likeness (QED) is 0.903. The highest BCUT2D eigenvalue weighted by Crippen LogP contribution is 2.16. The normalized spacial score (nSPS) is 10.1. The molecule has 0 heterocycles. The molecule has 5 heteroatoms. The molecule has 0 fully saturated rings. The first-order valence-electron chi connectivity index (χ1n) is 6.96. The fraction of sp³-hybridized carbons (Fsp3) is 0.176. The maximum atomic E-state index is 13.3. The molecule has 22 heavy (non-hydrogen) atoms. The number of rotatable bonds is 4. The molecule has 2 N–H and O–H groups in total. The highest BCUT2D eigenvalue weighted by molar-refractivity contribution is 6.04. The highest BCUT2D eigenvalue weighted by Gasteiger charge is 2.08. The Morgan fingerprint density at radius 3 is 2.27 bits per heavy atom. The highest BCUT2D eigenvalue weighted by atomic mass is 19.1. The maximum Gasteiger partial charge on any atom is 0.255 e. The molecular weight excluding hydrogens is 283 g/mol. The summed E-state index contributed by atoms with van der Waals surface area (Å²) >= 11 is 0. The van der Waals surface area contributed by atoms with Crippen LogP contribution in [-0.4, -0.2) is 11.8 Å². The van der Waals surface area contributed by atoms with Crippen molar-refractivity contribution in [2.45, 2.75) is 20.3 Å². The SMILES string of the molecule is CCC(=O)Nc1ccc(C(=O)Nc2cc(C)cc(F)c2)cc1. The average Bonchev–Trinajstić information content (AvgIpc) is 2.46. The standard InChI is InChI=1S/C17H17FN2O2/c1-3-16(21)19-14-6-4-12(5-7-14)17(22)20-15-9-11(2)8-13(18)10-15/h4-10H,3H2,1-2H3,(H,19,21)(H,20,22). The van der Waals surface area contributed by atoms with Crippen LogP contribution in [0, 0.1) is 12.7 Å². The number of carbonyl (C=O) groups excluding carboxylic acids is 2. The van der Waals surface area contributed by atoms with Crippen LogP contribution in [0.1, 0.15) is 29.3 Å². The first kappa shape index (κ1) is 15.7. The molecule has 0 saturated heterocycles. The molecule has 0 aliphatic carbocycles. The second-order valence-electron chi connectivity index (χ2n) is 4.95. The van der Waals surface area contributed by atoms with Gasteiger partial charge in [0.05, 0.1) is 0 Å². The van der Waals surface area contributed by atoms with Gasteiger partial charge in [-0.3, -0.25) is 9.59 Å².